The molecule has 0 saturated heterocycles. The first-order chi connectivity index (χ1) is 9.67. The number of para-hydroxylation sites is 1. The summed E-state index contributed by atoms with van der Waals surface area (Å²) in [7, 11) is 1.83. The van der Waals surface area contributed by atoms with Gasteiger partial charge in [-0.15, -0.1) is 0 Å². The van der Waals surface area contributed by atoms with Crippen LogP contribution in [0.3, 0.4) is 0 Å². The number of carbonyl (C=O) groups excluding carboxylic acids is 1. The van der Waals surface area contributed by atoms with Crippen molar-refractivity contribution in [2.45, 2.75) is 6.92 Å². The lowest BCUT2D eigenvalue weighted by atomic mass is 9.99. The molecule has 2 aromatic rings. The molecule has 2 rings (SSSR count). The largest absolute Gasteiger partial charge is 0.462 e. The number of hydrogen-bond acceptors (Lipinski definition) is 5. The summed E-state index contributed by atoms with van der Waals surface area (Å²) < 4.78 is 5.06. The number of hydrogen-bond donors (Lipinski definition) is 2. The Morgan fingerprint density at radius 3 is 2.80 bits per heavy atom. The fourth-order valence-electron chi connectivity index (χ4n) is 2.00. The molecule has 1 aromatic heterocycles. The highest BCUT2D eigenvalue weighted by molar-refractivity contribution is 5.99. The van der Waals surface area contributed by atoms with E-state index in [2.05, 4.69) is 10.3 Å². The van der Waals surface area contributed by atoms with Crippen LogP contribution in [-0.4, -0.2) is 24.6 Å². The number of nitrogen functional groups attached to an aromatic ring is 1. The number of anilines is 2. The zero-order valence-corrected chi connectivity index (χ0v) is 11.5. The average molecular weight is 271 g/mol. The van der Waals surface area contributed by atoms with Gasteiger partial charge in [0.25, 0.3) is 0 Å². The van der Waals surface area contributed by atoms with E-state index in [1.165, 1.54) is 6.20 Å². The Kier molecular flexibility index (Phi) is 4.20. The lowest BCUT2D eigenvalue weighted by Crippen LogP contribution is -2.08. The fraction of sp³-hybridized carbons (Fsp3) is 0.200. The van der Waals surface area contributed by atoms with E-state index in [-0.39, 0.29) is 0 Å². The van der Waals surface area contributed by atoms with Gasteiger partial charge < -0.3 is 15.8 Å². The van der Waals surface area contributed by atoms with Crippen LogP contribution < -0.4 is 11.1 Å². The lowest BCUT2D eigenvalue weighted by molar-refractivity contribution is 0.0527. The molecule has 0 saturated carbocycles. The number of pyridine rings is 1. The van der Waals surface area contributed by atoms with Gasteiger partial charge in [0.05, 0.1) is 12.2 Å². The quantitative estimate of drug-likeness (QED) is 0.836. The van der Waals surface area contributed by atoms with E-state index in [1.807, 2.05) is 31.3 Å². The number of ether oxygens (including phenoxy) is 1. The van der Waals surface area contributed by atoms with Crippen LogP contribution >= 0.6 is 0 Å². The molecule has 104 valence electrons. The number of rotatable bonds is 4. The predicted octanol–water partition coefficient (Wildman–Crippen LogP) is 2.55. The second-order valence-corrected chi connectivity index (χ2v) is 4.17. The standard InChI is InChI=1S/C15H17N3O2/c1-3-20-15(19)12-9-18-14(16)8-11(12)10-6-4-5-7-13(10)17-2/h4-9,17H,3H2,1-2H3,(H2,16,18). The van der Waals surface area contributed by atoms with Crippen LogP contribution in [0.5, 0.6) is 0 Å². The first-order valence-electron chi connectivity index (χ1n) is 6.37. The van der Waals surface area contributed by atoms with Crippen molar-refractivity contribution in [3.05, 3.63) is 42.1 Å². The summed E-state index contributed by atoms with van der Waals surface area (Å²) in [6, 6.07) is 9.36. The maximum absolute atomic E-state index is 12.0. The highest BCUT2D eigenvalue weighted by Gasteiger charge is 2.16. The number of aromatic nitrogens is 1. The van der Waals surface area contributed by atoms with E-state index in [0.717, 1.165) is 11.3 Å². The number of benzene rings is 1. The summed E-state index contributed by atoms with van der Waals surface area (Å²) in [5.74, 6) is -0.0418. The van der Waals surface area contributed by atoms with Crippen LogP contribution in [0, 0.1) is 0 Å². The first-order valence-corrected chi connectivity index (χ1v) is 6.37. The normalized spacial score (nSPS) is 10.1. The van der Waals surface area contributed by atoms with Gasteiger partial charge in [0.1, 0.15) is 5.82 Å². The van der Waals surface area contributed by atoms with E-state index in [0.29, 0.717) is 23.6 Å². The number of nitrogens with two attached hydrogens (primary N) is 1. The van der Waals surface area contributed by atoms with Gasteiger partial charge in [0, 0.05) is 30.1 Å². The molecule has 0 bridgehead atoms. The molecule has 0 spiro atoms. The zero-order chi connectivity index (χ0) is 14.5. The number of esters is 1. The Labute approximate surface area is 117 Å². The third kappa shape index (κ3) is 2.71. The molecule has 0 aliphatic heterocycles. The van der Waals surface area contributed by atoms with Crippen molar-refractivity contribution in [3.63, 3.8) is 0 Å². The minimum Gasteiger partial charge on any atom is -0.462 e. The van der Waals surface area contributed by atoms with Gasteiger partial charge in [-0.2, -0.15) is 0 Å². The Balaban J connectivity index is 2.60. The Morgan fingerprint density at radius 1 is 1.35 bits per heavy atom. The number of nitrogens with one attached hydrogen (secondary N) is 1. The number of nitrogens with zero attached hydrogens (tertiary/aromatic N) is 1. The molecule has 0 amide bonds. The molecule has 0 unspecified atom stereocenters. The molecule has 0 atom stereocenters. The lowest BCUT2D eigenvalue weighted by Gasteiger charge is -2.13. The summed E-state index contributed by atoms with van der Waals surface area (Å²) >= 11 is 0. The Hall–Kier alpha value is -2.56. The molecule has 20 heavy (non-hydrogen) atoms. The molecule has 0 aliphatic carbocycles. The summed E-state index contributed by atoms with van der Waals surface area (Å²) in [5.41, 5.74) is 8.65. The van der Waals surface area contributed by atoms with Crippen LogP contribution in [0.2, 0.25) is 0 Å². The Bertz CT molecular complexity index is 626. The van der Waals surface area contributed by atoms with Crippen molar-refractivity contribution in [1.82, 2.24) is 4.98 Å². The van der Waals surface area contributed by atoms with Crippen LogP contribution in [-0.2, 0) is 4.74 Å². The molecule has 1 aromatic carbocycles. The van der Waals surface area contributed by atoms with Crippen molar-refractivity contribution >= 4 is 17.5 Å². The molecular weight excluding hydrogens is 254 g/mol. The Morgan fingerprint density at radius 2 is 2.10 bits per heavy atom. The first kappa shape index (κ1) is 13.9. The minimum absolute atomic E-state index is 0.316. The summed E-state index contributed by atoms with van der Waals surface area (Å²) in [4.78, 5) is 16.0. The van der Waals surface area contributed by atoms with Gasteiger partial charge >= 0.3 is 5.97 Å². The van der Waals surface area contributed by atoms with Crippen LogP contribution in [0.4, 0.5) is 11.5 Å². The van der Waals surface area contributed by atoms with Crippen molar-refractivity contribution in [2.24, 2.45) is 0 Å². The smallest absolute Gasteiger partial charge is 0.340 e. The van der Waals surface area contributed by atoms with Gasteiger partial charge in [-0.1, -0.05) is 18.2 Å². The molecule has 0 radical (unpaired) electrons. The zero-order valence-electron chi connectivity index (χ0n) is 11.5. The summed E-state index contributed by atoms with van der Waals surface area (Å²) in [5, 5.41) is 3.10. The van der Waals surface area contributed by atoms with Crippen LogP contribution in [0.25, 0.3) is 11.1 Å². The molecule has 1 heterocycles. The molecule has 3 N–H and O–H groups in total. The monoisotopic (exact) mass is 271 g/mol. The third-order valence-electron chi connectivity index (χ3n) is 2.91. The van der Waals surface area contributed by atoms with E-state index in [1.54, 1.807) is 13.0 Å². The molecule has 5 nitrogen and oxygen atoms in total. The van der Waals surface area contributed by atoms with Gasteiger partial charge in [0.15, 0.2) is 0 Å². The molecule has 5 heteroatoms. The summed E-state index contributed by atoms with van der Waals surface area (Å²) in [6.45, 7) is 2.08. The van der Waals surface area contributed by atoms with E-state index >= 15 is 0 Å². The maximum Gasteiger partial charge on any atom is 0.340 e. The van der Waals surface area contributed by atoms with E-state index in [4.69, 9.17) is 10.5 Å². The highest BCUT2D eigenvalue weighted by Crippen LogP contribution is 2.31. The van der Waals surface area contributed by atoms with Gasteiger partial charge in [-0.3, -0.25) is 0 Å². The average Bonchev–Trinajstić information content (AvgIpc) is 2.47. The van der Waals surface area contributed by atoms with Crippen molar-refractivity contribution < 1.29 is 9.53 Å². The fourth-order valence-corrected chi connectivity index (χ4v) is 2.00. The SMILES string of the molecule is CCOC(=O)c1cnc(N)cc1-c1ccccc1NC. The summed E-state index contributed by atoms with van der Waals surface area (Å²) in [6.07, 6.45) is 1.45. The van der Waals surface area contributed by atoms with E-state index < -0.39 is 5.97 Å². The minimum atomic E-state index is -0.402. The van der Waals surface area contributed by atoms with Crippen molar-refractivity contribution in [3.8, 4) is 11.1 Å². The third-order valence-corrected chi connectivity index (χ3v) is 2.91. The molecule has 0 aliphatic rings. The molecular formula is C15H17N3O2. The predicted molar refractivity (Wildman–Crippen MR) is 79.6 cm³/mol. The maximum atomic E-state index is 12.0. The van der Waals surface area contributed by atoms with E-state index in [9.17, 15) is 4.79 Å². The van der Waals surface area contributed by atoms with Crippen LogP contribution in [0.1, 0.15) is 17.3 Å². The highest BCUT2D eigenvalue weighted by atomic mass is 16.5. The second kappa shape index (κ2) is 6.06. The van der Waals surface area contributed by atoms with Crippen molar-refractivity contribution in [2.75, 3.05) is 24.7 Å². The second-order valence-electron chi connectivity index (χ2n) is 4.17. The van der Waals surface area contributed by atoms with Gasteiger partial charge in [-0.05, 0) is 19.1 Å². The van der Waals surface area contributed by atoms with Crippen molar-refractivity contribution in [1.29, 1.82) is 0 Å². The number of carbonyl (C=O) groups is 1. The topological polar surface area (TPSA) is 77.2 Å². The van der Waals surface area contributed by atoms with Crippen LogP contribution in [0.15, 0.2) is 36.5 Å². The van der Waals surface area contributed by atoms with Gasteiger partial charge in [0.2, 0.25) is 0 Å². The molecule has 0 fully saturated rings. The van der Waals surface area contributed by atoms with Gasteiger partial charge in [-0.25, -0.2) is 9.78 Å².